The third kappa shape index (κ3) is 2.62. The van der Waals surface area contributed by atoms with Crippen LogP contribution in [-0.4, -0.2) is 13.0 Å². The fourth-order valence-electron chi connectivity index (χ4n) is 1.88. The average molecular weight is 332 g/mol. The van der Waals surface area contributed by atoms with Crippen LogP contribution in [0.15, 0.2) is 35.7 Å². The molecule has 0 saturated heterocycles. The molecule has 0 saturated carbocycles. The first kappa shape index (κ1) is 16.2. The Balaban J connectivity index is 2.81. The topological polar surface area (TPSA) is 54.4 Å². The summed E-state index contributed by atoms with van der Waals surface area (Å²) in [5, 5.41) is 0. The van der Waals surface area contributed by atoms with Crippen LogP contribution in [0.25, 0.3) is 17.2 Å². The zero-order valence-electron chi connectivity index (χ0n) is 10.8. The second-order valence-corrected chi connectivity index (χ2v) is 5.62. The number of benzene rings is 2. The second kappa shape index (κ2) is 5.54. The van der Waals surface area contributed by atoms with E-state index in [0.717, 1.165) is 0 Å². The zero-order valence-corrected chi connectivity index (χ0v) is 11.6. The van der Waals surface area contributed by atoms with Crippen LogP contribution in [0.4, 0.5) is 17.6 Å². The van der Waals surface area contributed by atoms with E-state index in [0.29, 0.717) is 5.56 Å². The number of rotatable bonds is 3. The molecular weight excluding hydrogens is 324 g/mol. The van der Waals surface area contributed by atoms with Gasteiger partial charge in [-0.25, -0.2) is 17.6 Å². The normalized spacial score (nSPS) is 11.5. The SMILES string of the molecule is C=Cc1ccc(-c2c(F)c(F)c(S(=O)(=O)O)c(F)c2F)cc1. The minimum absolute atomic E-state index is 0.208. The van der Waals surface area contributed by atoms with Gasteiger partial charge in [0.2, 0.25) is 0 Å². The Morgan fingerprint density at radius 3 is 1.73 bits per heavy atom. The van der Waals surface area contributed by atoms with Crippen molar-refractivity contribution in [2.24, 2.45) is 0 Å². The van der Waals surface area contributed by atoms with Gasteiger partial charge in [-0.1, -0.05) is 36.9 Å². The average Bonchev–Trinajstić information content (AvgIpc) is 2.45. The summed E-state index contributed by atoms with van der Waals surface area (Å²) < 4.78 is 85.6. The van der Waals surface area contributed by atoms with Crippen LogP contribution in [-0.2, 0) is 10.1 Å². The molecule has 0 fully saturated rings. The van der Waals surface area contributed by atoms with Crippen LogP contribution in [0, 0.1) is 23.3 Å². The van der Waals surface area contributed by atoms with Gasteiger partial charge in [-0.3, -0.25) is 4.55 Å². The molecule has 0 unspecified atom stereocenters. The highest BCUT2D eigenvalue weighted by Crippen LogP contribution is 2.34. The quantitative estimate of drug-likeness (QED) is 0.528. The molecule has 0 aliphatic rings. The molecule has 0 aliphatic heterocycles. The first-order chi connectivity index (χ1) is 10.2. The first-order valence-corrected chi connectivity index (χ1v) is 7.18. The molecule has 3 nitrogen and oxygen atoms in total. The summed E-state index contributed by atoms with van der Waals surface area (Å²) in [6.07, 6.45) is 1.44. The van der Waals surface area contributed by atoms with E-state index in [2.05, 4.69) is 6.58 Å². The van der Waals surface area contributed by atoms with Crippen LogP contribution in [0.1, 0.15) is 5.56 Å². The molecule has 1 N–H and O–H groups in total. The third-order valence-corrected chi connectivity index (χ3v) is 3.79. The van der Waals surface area contributed by atoms with Crippen molar-refractivity contribution < 1.29 is 30.5 Å². The minimum atomic E-state index is -5.46. The molecule has 8 heteroatoms. The van der Waals surface area contributed by atoms with Crippen molar-refractivity contribution in [3.8, 4) is 11.1 Å². The first-order valence-electron chi connectivity index (χ1n) is 5.74. The second-order valence-electron chi connectivity index (χ2n) is 4.26. The molecule has 0 radical (unpaired) electrons. The van der Waals surface area contributed by atoms with Gasteiger partial charge in [-0.05, 0) is 11.1 Å². The molecule has 0 bridgehead atoms. The van der Waals surface area contributed by atoms with Gasteiger partial charge in [-0.2, -0.15) is 8.42 Å². The Morgan fingerprint density at radius 2 is 1.36 bits per heavy atom. The van der Waals surface area contributed by atoms with Gasteiger partial charge in [0.05, 0.1) is 5.56 Å². The lowest BCUT2D eigenvalue weighted by molar-refractivity contribution is 0.406. The molecule has 116 valence electrons. The van der Waals surface area contributed by atoms with Gasteiger partial charge in [0, 0.05) is 0 Å². The predicted molar refractivity (Wildman–Crippen MR) is 71.6 cm³/mol. The zero-order chi connectivity index (χ0) is 16.7. The van der Waals surface area contributed by atoms with Crippen LogP contribution in [0.3, 0.4) is 0 Å². The van der Waals surface area contributed by atoms with E-state index in [1.807, 2.05) is 0 Å². The van der Waals surface area contributed by atoms with Crippen molar-refractivity contribution >= 4 is 16.2 Å². The Hall–Kier alpha value is -2.19. The van der Waals surface area contributed by atoms with E-state index in [9.17, 15) is 26.0 Å². The van der Waals surface area contributed by atoms with Gasteiger partial charge < -0.3 is 0 Å². The monoisotopic (exact) mass is 332 g/mol. The summed E-state index contributed by atoms with van der Waals surface area (Å²) in [7, 11) is -5.46. The summed E-state index contributed by atoms with van der Waals surface area (Å²) in [6.45, 7) is 3.47. The van der Waals surface area contributed by atoms with Gasteiger partial charge in [0.1, 0.15) is 0 Å². The largest absolute Gasteiger partial charge is 0.300 e. The Kier molecular flexibility index (Phi) is 4.08. The lowest BCUT2D eigenvalue weighted by atomic mass is 10.0. The van der Waals surface area contributed by atoms with E-state index in [1.54, 1.807) is 0 Å². The maximum Gasteiger partial charge on any atom is 0.300 e. The van der Waals surface area contributed by atoms with Crippen molar-refractivity contribution in [2.75, 3.05) is 0 Å². The molecule has 22 heavy (non-hydrogen) atoms. The summed E-state index contributed by atoms with van der Waals surface area (Å²) in [5.41, 5.74) is -0.682. The van der Waals surface area contributed by atoms with E-state index < -0.39 is 43.8 Å². The lowest BCUT2D eigenvalue weighted by Crippen LogP contribution is -2.11. The molecule has 0 spiro atoms. The lowest BCUT2D eigenvalue weighted by Gasteiger charge is -2.10. The highest BCUT2D eigenvalue weighted by molar-refractivity contribution is 7.85. The van der Waals surface area contributed by atoms with E-state index in [-0.39, 0.29) is 5.56 Å². The molecule has 0 heterocycles. The Morgan fingerprint density at radius 1 is 0.909 bits per heavy atom. The van der Waals surface area contributed by atoms with Gasteiger partial charge in [0.25, 0.3) is 0 Å². The van der Waals surface area contributed by atoms with Crippen molar-refractivity contribution in [2.45, 2.75) is 4.90 Å². The third-order valence-electron chi connectivity index (χ3n) is 2.92. The van der Waals surface area contributed by atoms with Crippen LogP contribution in [0.2, 0.25) is 0 Å². The Labute approximate surface area is 123 Å². The molecular formula is C14H8F4O3S. The van der Waals surface area contributed by atoms with Crippen molar-refractivity contribution in [3.05, 3.63) is 59.7 Å². The number of hydrogen-bond acceptors (Lipinski definition) is 2. The maximum atomic E-state index is 13.9. The number of halogens is 4. The van der Waals surface area contributed by atoms with Crippen molar-refractivity contribution in [3.63, 3.8) is 0 Å². The molecule has 0 aliphatic carbocycles. The molecule has 2 aromatic carbocycles. The summed E-state index contributed by atoms with van der Waals surface area (Å²) in [5.74, 6) is -8.22. The smallest absolute Gasteiger partial charge is 0.282 e. The maximum absolute atomic E-state index is 13.9. The van der Waals surface area contributed by atoms with Crippen molar-refractivity contribution in [1.82, 2.24) is 0 Å². The standard InChI is InChI=1S/C14H8F4O3S/c1-2-7-3-5-8(6-4-7)9-10(15)12(17)14(22(19,20)21)13(18)11(9)16/h2-6H,1H2,(H,19,20,21). The highest BCUT2D eigenvalue weighted by atomic mass is 32.2. The van der Waals surface area contributed by atoms with Crippen molar-refractivity contribution in [1.29, 1.82) is 0 Å². The predicted octanol–water partition coefficient (Wildman–Crippen LogP) is 3.80. The van der Waals surface area contributed by atoms with Gasteiger partial charge in [-0.15, -0.1) is 0 Å². The van der Waals surface area contributed by atoms with Crippen LogP contribution < -0.4 is 0 Å². The number of hydrogen-bond donors (Lipinski definition) is 1. The molecule has 0 atom stereocenters. The van der Waals surface area contributed by atoms with Gasteiger partial charge >= 0.3 is 10.1 Å². The summed E-state index contributed by atoms with van der Waals surface area (Å²) in [6, 6.07) is 5.16. The Bertz CT molecular complexity index is 830. The van der Waals surface area contributed by atoms with Gasteiger partial charge in [0.15, 0.2) is 28.2 Å². The fraction of sp³-hybridized carbons (Fsp3) is 0. The minimum Gasteiger partial charge on any atom is -0.282 e. The highest BCUT2D eigenvalue weighted by Gasteiger charge is 2.32. The van der Waals surface area contributed by atoms with E-state index in [1.165, 1.54) is 30.3 Å². The molecule has 0 amide bonds. The van der Waals surface area contributed by atoms with E-state index >= 15 is 0 Å². The summed E-state index contributed by atoms with van der Waals surface area (Å²) in [4.78, 5) is -2.06. The molecule has 0 aromatic heterocycles. The molecule has 2 aromatic rings. The summed E-state index contributed by atoms with van der Waals surface area (Å²) >= 11 is 0. The van der Waals surface area contributed by atoms with E-state index in [4.69, 9.17) is 4.55 Å². The molecule has 2 rings (SSSR count). The fourth-order valence-corrected chi connectivity index (χ4v) is 2.51. The van der Waals surface area contributed by atoms with Crippen LogP contribution >= 0.6 is 0 Å². The van der Waals surface area contributed by atoms with Crippen LogP contribution in [0.5, 0.6) is 0 Å².